The minimum absolute atomic E-state index is 0.119. The van der Waals surface area contributed by atoms with Gasteiger partial charge in [0.1, 0.15) is 5.82 Å². The first-order valence-electron chi connectivity index (χ1n) is 6.18. The zero-order valence-corrected chi connectivity index (χ0v) is 12.6. The smallest absolute Gasteiger partial charge is 0.224 e. The molecule has 0 aliphatic heterocycles. The highest BCUT2D eigenvalue weighted by atomic mass is 79.9. The molecule has 104 valence electrons. The molecule has 0 aliphatic rings. The van der Waals surface area contributed by atoms with Crippen LogP contribution in [0.1, 0.15) is 17.0 Å². The number of carbonyl (C=O) groups excluding carboxylic acids is 1. The molecule has 2 rings (SSSR count). The van der Waals surface area contributed by atoms with Crippen molar-refractivity contribution in [1.82, 2.24) is 10.3 Å². The number of rotatable bonds is 4. The Morgan fingerprint density at radius 2 is 2.15 bits per heavy atom. The Kier molecular flexibility index (Phi) is 4.84. The Morgan fingerprint density at radius 3 is 2.85 bits per heavy atom. The summed E-state index contributed by atoms with van der Waals surface area (Å²) in [6, 6.07) is 10.2. The van der Waals surface area contributed by atoms with Gasteiger partial charge in [-0.1, -0.05) is 12.1 Å². The number of halogens is 2. The van der Waals surface area contributed by atoms with E-state index in [0.717, 1.165) is 17.0 Å². The van der Waals surface area contributed by atoms with Crippen LogP contribution in [0.5, 0.6) is 0 Å². The van der Waals surface area contributed by atoms with E-state index in [0.29, 0.717) is 11.0 Å². The molecular weight excluding hydrogens is 323 g/mol. The number of hydrogen-bond donors (Lipinski definition) is 1. The lowest BCUT2D eigenvalue weighted by Crippen LogP contribution is -2.25. The summed E-state index contributed by atoms with van der Waals surface area (Å²) in [6.07, 6.45) is 0.213. The molecule has 0 radical (unpaired) electrons. The Morgan fingerprint density at radius 1 is 1.35 bits per heavy atom. The maximum atomic E-state index is 13.1. The van der Waals surface area contributed by atoms with Crippen LogP contribution in [0.4, 0.5) is 4.39 Å². The molecule has 0 unspecified atom stereocenters. The summed E-state index contributed by atoms with van der Waals surface area (Å²) < 4.78 is 13.5. The average molecular weight is 337 g/mol. The molecule has 1 aromatic carbocycles. The number of amides is 1. The second-order valence-electron chi connectivity index (χ2n) is 4.47. The normalized spacial score (nSPS) is 10.3. The van der Waals surface area contributed by atoms with Gasteiger partial charge in [0, 0.05) is 5.69 Å². The minimum atomic E-state index is -0.335. The molecule has 0 atom stereocenters. The van der Waals surface area contributed by atoms with Crippen molar-refractivity contribution in [1.29, 1.82) is 0 Å². The molecule has 1 heterocycles. The zero-order chi connectivity index (χ0) is 14.5. The van der Waals surface area contributed by atoms with Crippen LogP contribution < -0.4 is 5.32 Å². The number of pyridine rings is 1. The van der Waals surface area contributed by atoms with Crippen molar-refractivity contribution < 1.29 is 9.18 Å². The number of aryl methyl sites for hydroxylation is 1. The molecule has 20 heavy (non-hydrogen) atoms. The fourth-order valence-electron chi connectivity index (χ4n) is 1.78. The van der Waals surface area contributed by atoms with E-state index in [4.69, 9.17) is 0 Å². The van der Waals surface area contributed by atoms with Gasteiger partial charge in [-0.05, 0) is 52.7 Å². The van der Waals surface area contributed by atoms with Crippen LogP contribution in [0.2, 0.25) is 0 Å². The molecule has 1 aromatic heterocycles. The summed E-state index contributed by atoms with van der Waals surface area (Å²) in [4.78, 5) is 16.1. The first-order valence-corrected chi connectivity index (χ1v) is 6.97. The summed E-state index contributed by atoms with van der Waals surface area (Å²) in [5.41, 5.74) is 2.49. The fraction of sp³-hybridized carbons (Fsp3) is 0.200. The Labute approximate surface area is 125 Å². The van der Waals surface area contributed by atoms with E-state index in [1.54, 1.807) is 12.1 Å². The van der Waals surface area contributed by atoms with Gasteiger partial charge in [0.15, 0.2) is 0 Å². The lowest BCUT2D eigenvalue weighted by atomic mass is 10.1. The maximum Gasteiger partial charge on any atom is 0.224 e. The summed E-state index contributed by atoms with van der Waals surface area (Å²) in [5, 5.41) is 2.80. The van der Waals surface area contributed by atoms with Gasteiger partial charge >= 0.3 is 0 Å². The van der Waals surface area contributed by atoms with Crippen molar-refractivity contribution in [3.05, 3.63) is 63.6 Å². The van der Waals surface area contributed by atoms with Crippen molar-refractivity contribution >= 4 is 21.8 Å². The molecular formula is C15H14BrFN2O. The third kappa shape index (κ3) is 4.13. The molecule has 0 fully saturated rings. The average Bonchev–Trinajstić information content (AvgIpc) is 2.41. The third-order valence-electron chi connectivity index (χ3n) is 2.76. The lowest BCUT2D eigenvalue weighted by molar-refractivity contribution is -0.120. The quantitative estimate of drug-likeness (QED) is 0.931. The first-order chi connectivity index (χ1) is 9.54. The van der Waals surface area contributed by atoms with Crippen molar-refractivity contribution in [2.75, 3.05) is 0 Å². The predicted octanol–water partition coefficient (Wildman–Crippen LogP) is 3.15. The molecule has 0 spiro atoms. The lowest BCUT2D eigenvalue weighted by Gasteiger charge is -2.06. The highest BCUT2D eigenvalue weighted by Crippen LogP contribution is 2.17. The van der Waals surface area contributed by atoms with E-state index in [-0.39, 0.29) is 18.1 Å². The minimum Gasteiger partial charge on any atom is -0.350 e. The number of aromatic nitrogens is 1. The predicted molar refractivity (Wildman–Crippen MR) is 78.6 cm³/mol. The van der Waals surface area contributed by atoms with Crippen LogP contribution in [0.25, 0.3) is 0 Å². The summed E-state index contributed by atoms with van der Waals surface area (Å²) >= 11 is 3.10. The van der Waals surface area contributed by atoms with Gasteiger partial charge in [-0.2, -0.15) is 0 Å². The van der Waals surface area contributed by atoms with E-state index >= 15 is 0 Å². The van der Waals surface area contributed by atoms with Gasteiger partial charge in [0.05, 0.1) is 23.1 Å². The molecule has 5 heteroatoms. The van der Waals surface area contributed by atoms with E-state index in [9.17, 15) is 9.18 Å². The van der Waals surface area contributed by atoms with Crippen LogP contribution >= 0.6 is 15.9 Å². The van der Waals surface area contributed by atoms with Crippen molar-refractivity contribution in [3.8, 4) is 0 Å². The Balaban J connectivity index is 1.91. The molecule has 1 N–H and O–H groups in total. The van der Waals surface area contributed by atoms with Gasteiger partial charge in [-0.3, -0.25) is 9.78 Å². The molecule has 2 aromatic rings. The van der Waals surface area contributed by atoms with Gasteiger partial charge in [0.2, 0.25) is 5.91 Å². The van der Waals surface area contributed by atoms with Crippen LogP contribution in [0.3, 0.4) is 0 Å². The highest BCUT2D eigenvalue weighted by molar-refractivity contribution is 9.10. The maximum absolute atomic E-state index is 13.1. The molecule has 3 nitrogen and oxygen atoms in total. The topological polar surface area (TPSA) is 42.0 Å². The van der Waals surface area contributed by atoms with Crippen molar-refractivity contribution in [2.45, 2.75) is 19.9 Å². The second-order valence-corrected chi connectivity index (χ2v) is 5.33. The number of hydrogen-bond acceptors (Lipinski definition) is 2. The standard InChI is InChI=1S/C15H14BrFN2O/c1-10-3-2-4-12(19-10)9-18-15(20)8-11-5-6-14(17)13(16)7-11/h2-7H,8-9H2,1H3,(H,18,20). The number of nitrogens with one attached hydrogen (secondary N) is 1. The SMILES string of the molecule is Cc1cccc(CNC(=O)Cc2ccc(F)c(Br)c2)n1. The van der Waals surface area contributed by atoms with Crippen LogP contribution in [-0.2, 0) is 17.8 Å². The van der Waals surface area contributed by atoms with Gasteiger partial charge in [-0.25, -0.2) is 4.39 Å². The van der Waals surface area contributed by atoms with E-state index in [1.165, 1.54) is 6.07 Å². The Hall–Kier alpha value is -1.75. The summed E-state index contributed by atoms with van der Waals surface area (Å²) in [6.45, 7) is 2.30. The molecule has 1 amide bonds. The summed E-state index contributed by atoms with van der Waals surface area (Å²) in [7, 11) is 0. The van der Waals surface area contributed by atoms with Crippen LogP contribution in [-0.4, -0.2) is 10.9 Å². The molecule has 0 saturated carbocycles. The molecule has 0 aliphatic carbocycles. The number of benzene rings is 1. The Bertz CT molecular complexity index is 631. The second kappa shape index (κ2) is 6.61. The van der Waals surface area contributed by atoms with Gasteiger partial charge in [0.25, 0.3) is 0 Å². The van der Waals surface area contributed by atoms with Crippen LogP contribution in [0, 0.1) is 12.7 Å². The summed E-state index contributed by atoms with van der Waals surface area (Å²) in [5.74, 6) is -0.454. The zero-order valence-electron chi connectivity index (χ0n) is 11.0. The molecule has 0 saturated heterocycles. The van der Waals surface area contributed by atoms with E-state index < -0.39 is 0 Å². The number of carbonyl (C=O) groups is 1. The van der Waals surface area contributed by atoms with Crippen LogP contribution in [0.15, 0.2) is 40.9 Å². The number of nitrogens with zero attached hydrogens (tertiary/aromatic N) is 1. The van der Waals surface area contributed by atoms with Crippen molar-refractivity contribution in [2.24, 2.45) is 0 Å². The fourth-order valence-corrected chi connectivity index (χ4v) is 2.21. The van der Waals surface area contributed by atoms with Crippen molar-refractivity contribution in [3.63, 3.8) is 0 Å². The van der Waals surface area contributed by atoms with Gasteiger partial charge in [-0.15, -0.1) is 0 Å². The molecule has 0 bridgehead atoms. The highest BCUT2D eigenvalue weighted by Gasteiger charge is 2.06. The van der Waals surface area contributed by atoms with Gasteiger partial charge < -0.3 is 5.32 Å². The third-order valence-corrected chi connectivity index (χ3v) is 3.37. The van der Waals surface area contributed by atoms with E-state index in [1.807, 2.05) is 25.1 Å². The monoisotopic (exact) mass is 336 g/mol. The van der Waals surface area contributed by atoms with E-state index in [2.05, 4.69) is 26.2 Å². The first kappa shape index (κ1) is 14.7. The largest absolute Gasteiger partial charge is 0.350 e.